The van der Waals surface area contributed by atoms with E-state index >= 15 is 0 Å². The number of benzene rings is 1. The van der Waals surface area contributed by atoms with Gasteiger partial charge in [0.15, 0.2) is 6.29 Å². The molecule has 5 nitrogen and oxygen atoms in total. The highest BCUT2D eigenvalue weighted by molar-refractivity contribution is 5.83. The number of ether oxygens (including phenoxy) is 1. The Morgan fingerprint density at radius 1 is 1.26 bits per heavy atom. The van der Waals surface area contributed by atoms with Gasteiger partial charge in [-0.2, -0.15) is 0 Å². The SMILES string of the molecule is CCN(CC)C(=O)Oc1cc(N(C)C)ccc1C=O. The molecular formula is C14H20N2O3. The molecule has 1 amide bonds. The van der Waals surface area contributed by atoms with Crippen molar-refractivity contribution in [3.05, 3.63) is 23.8 Å². The Labute approximate surface area is 113 Å². The molecule has 0 fully saturated rings. The minimum atomic E-state index is -0.441. The molecule has 0 atom stereocenters. The highest BCUT2D eigenvalue weighted by Crippen LogP contribution is 2.24. The lowest BCUT2D eigenvalue weighted by molar-refractivity contribution is 0.111. The number of hydrogen-bond donors (Lipinski definition) is 0. The molecule has 0 saturated carbocycles. The predicted molar refractivity (Wildman–Crippen MR) is 75.1 cm³/mol. The third kappa shape index (κ3) is 3.71. The summed E-state index contributed by atoms with van der Waals surface area (Å²) < 4.78 is 5.30. The van der Waals surface area contributed by atoms with E-state index in [4.69, 9.17) is 4.74 Å². The van der Waals surface area contributed by atoms with E-state index in [0.29, 0.717) is 24.9 Å². The summed E-state index contributed by atoms with van der Waals surface area (Å²) in [5, 5.41) is 0. The maximum atomic E-state index is 11.9. The molecule has 1 rings (SSSR count). The van der Waals surface area contributed by atoms with Crippen LogP contribution in [0.5, 0.6) is 5.75 Å². The average molecular weight is 264 g/mol. The van der Waals surface area contributed by atoms with Gasteiger partial charge in [0.25, 0.3) is 0 Å². The third-order valence-electron chi connectivity index (χ3n) is 2.86. The molecule has 0 aromatic heterocycles. The second kappa shape index (κ2) is 6.78. The van der Waals surface area contributed by atoms with Crippen molar-refractivity contribution >= 4 is 18.1 Å². The zero-order chi connectivity index (χ0) is 14.4. The van der Waals surface area contributed by atoms with Gasteiger partial charge in [0.2, 0.25) is 0 Å². The average Bonchev–Trinajstić information content (AvgIpc) is 2.39. The van der Waals surface area contributed by atoms with Crippen LogP contribution in [-0.4, -0.2) is 44.5 Å². The molecule has 19 heavy (non-hydrogen) atoms. The van der Waals surface area contributed by atoms with Crippen molar-refractivity contribution in [3.63, 3.8) is 0 Å². The summed E-state index contributed by atoms with van der Waals surface area (Å²) >= 11 is 0. The fourth-order valence-corrected chi connectivity index (χ4v) is 1.63. The highest BCUT2D eigenvalue weighted by Gasteiger charge is 2.15. The third-order valence-corrected chi connectivity index (χ3v) is 2.86. The molecular weight excluding hydrogens is 244 g/mol. The van der Waals surface area contributed by atoms with Crippen molar-refractivity contribution in [3.8, 4) is 5.75 Å². The molecule has 0 radical (unpaired) electrons. The minimum Gasteiger partial charge on any atom is -0.409 e. The van der Waals surface area contributed by atoms with Gasteiger partial charge in [-0.1, -0.05) is 0 Å². The van der Waals surface area contributed by atoms with Gasteiger partial charge < -0.3 is 14.5 Å². The first-order valence-electron chi connectivity index (χ1n) is 6.26. The normalized spacial score (nSPS) is 9.89. The molecule has 1 aromatic rings. The van der Waals surface area contributed by atoms with E-state index in [1.165, 1.54) is 0 Å². The summed E-state index contributed by atoms with van der Waals surface area (Å²) in [5.41, 5.74) is 1.24. The van der Waals surface area contributed by atoms with E-state index in [-0.39, 0.29) is 5.75 Å². The molecule has 0 aliphatic carbocycles. The Morgan fingerprint density at radius 2 is 1.89 bits per heavy atom. The maximum absolute atomic E-state index is 11.9. The molecule has 1 aromatic carbocycles. The van der Waals surface area contributed by atoms with Gasteiger partial charge in [-0.15, -0.1) is 0 Å². The standard InChI is InChI=1S/C14H20N2O3/c1-5-16(6-2)14(18)19-13-9-12(15(3)4)8-7-11(13)10-17/h7-10H,5-6H2,1-4H3. The first-order chi connectivity index (χ1) is 9.03. The molecule has 0 saturated heterocycles. The molecule has 0 unspecified atom stereocenters. The number of amides is 1. The van der Waals surface area contributed by atoms with E-state index in [1.807, 2.05) is 32.8 Å². The number of carbonyl (C=O) groups is 2. The maximum Gasteiger partial charge on any atom is 0.415 e. The fourth-order valence-electron chi connectivity index (χ4n) is 1.63. The van der Waals surface area contributed by atoms with Crippen molar-refractivity contribution in [2.24, 2.45) is 0 Å². The summed E-state index contributed by atoms with van der Waals surface area (Å²) in [4.78, 5) is 26.3. The molecule has 5 heteroatoms. The smallest absolute Gasteiger partial charge is 0.409 e. The lowest BCUT2D eigenvalue weighted by Gasteiger charge is -2.19. The van der Waals surface area contributed by atoms with E-state index in [0.717, 1.165) is 5.69 Å². The molecule has 0 bridgehead atoms. The lowest BCUT2D eigenvalue weighted by Crippen LogP contribution is -2.33. The van der Waals surface area contributed by atoms with Gasteiger partial charge >= 0.3 is 6.09 Å². The summed E-state index contributed by atoms with van der Waals surface area (Å²) in [5.74, 6) is 0.290. The topological polar surface area (TPSA) is 49.9 Å². The van der Waals surface area contributed by atoms with Crippen LogP contribution in [-0.2, 0) is 0 Å². The van der Waals surface area contributed by atoms with Crippen molar-refractivity contribution in [2.45, 2.75) is 13.8 Å². The van der Waals surface area contributed by atoms with Gasteiger partial charge in [0, 0.05) is 38.9 Å². The first-order valence-corrected chi connectivity index (χ1v) is 6.26. The zero-order valence-corrected chi connectivity index (χ0v) is 11.8. The number of nitrogens with zero attached hydrogens (tertiary/aromatic N) is 2. The number of carbonyl (C=O) groups excluding carboxylic acids is 2. The Bertz CT molecular complexity index is 454. The molecule has 104 valence electrons. The van der Waals surface area contributed by atoms with Gasteiger partial charge in [-0.05, 0) is 26.0 Å². The van der Waals surface area contributed by atoms with Crippen molar-refractivity contribution < 1.29 is 14.3 Å². The molecule has 0 aliphatic heterocycles. The molecule has 0 spiro atoms. The van der Waals surface area contributed by atoms with Crippen LogP contribution < -0.4 is 9.64 Å². The van der Waals surface area contributed by atoms with E-state index in [1.54, 1.807) is 23.1 Å². The quantitative estimate of drug-likeness (QED) is 0.766. The Hall–Kier alpha value is -2.04. The highest BCUT2D eigenvalue weighted by atomic mass is 16.6. The number of aldehydes is 1. The summed E-state index contributed by atoms with van der Waals surface area (Å²) in [6.07, 6.45) is 0.244. The van der Waals surface area contributed by atoms with Crippen LogP contribution in [0.25, 0.3) is 0 Å². The monoisotopic (exact) mass is 264 g/mol. The number of anilines is 1. The predicted octanol–water partition coefficient (Wildman–Crippen LogP) is 2.41. The second-order valence-electron chi connectivity index (χ2n) is 4.27. The Balaban J connectivity index is 3.00. The lowest BCUT2D eigenvalue weighted by atomic mass is 10.2. The summed E-state index contributed by atoms with van der Waals surface area (Å²) in [6.45, 7) is 4.89. The Kier molecular flexibility index (Phi) is 5.36. The van der Waals surface area contributed by atoms with E-state index in [9.17, 15) is 9.59 Å². The second-order valence-corrected chi connectivity index (χ2v) is 4.27. The van der Waals surface area contributed by atoms with Crippen molar-refractivity contribution in [1.82, 2.24) is 4.90 Å². The van der Waals surface area contributed by atoms with E-state index < -0.39 is 6.09 Å². The Morgan fingerprint density at radius 3 is 2.37 bits per heavy atom. The minimum absolute atomic E-state index is 0.290. The fraction of sp³-hybridized carbons (Fsp3) is 0.429. The van der Waals surface area contributed by atoms with Gasteiger partial charge in [-0.25, -0.2) is 4.79 Å². The molecule has 0 N–H and O–H groups in total. The van der Waals surface area contributed by atoms with Crippen LogP contribution in [0.2, 0.25) is 0 Å². The van der Waals surface area contributed by atoms with Crippen LogP contribution in [0, 0.1) is 0 Å². The van der Waals surface area contributed by atoms with Crippen molar-refractivity contribution in [1.29, 1.82) is 0 Å². The number of hydrogen-bond acceptors (Lipinski definition) is 4. The largest absolute Gasteiger partial charge is 0.415 e. The number of rotatable bonds is 5. The molecule has 0 heterocycles. The van der Waals surface area contributed by atoms with Crippen LogP contribution in [0.1, 0.15) is 24.2 Å². The molecule has 0 aliphatic rings. The van der Waals surface area contributed by atoms with Crippen LogP contribution in [0.15, 0.2) is 18.2 Å². The van der Waals surface area contributed by atoms with Gasteiger partial charge in [0.05, 0.1) is 5.56 Å². The zero-order valence-electron chi connectivity index (χ0n) is 11.8. The van der Waals surface area contributed by atoms with Crippen LogP contribution in [0.3, 0.4) is 0 Å². The van der Waals surface area contributed by atoms with Gasteiger partial charge in [0.1, 0.15) is 5.75 Å². The first kappa shape index (κ1) is 15.0. The van der Waals surface area contributed by atoms with E-state index in [2.05, 4.69) is 0 Å². The summed E-state index contributed by atoms with van der Waals surface area (Å²) in [6, 6.07) is 5.14. The van der Waals surface area contributed by atoms with Crippen LogP contribution >= 0.6 is 0 Å². The summed E-state index contributed by atoms with van der Waals surface area (Å²) in [7, 11) is 3.76. The van der Waals surface area contributed by atoms with Gasteiger partial charge in [-0.3, -0.25) is 4.79 Å². The van der Waals surface area contributed by atoms with Crippen molar-refractivity contribution in [2.75, 3.05) is 32.1 Å². The van der Waals surface area contributed by atoms with Crippen LogP contribution in [0.4, 0.5) is 10.5 Å².